The third-order valence-electron chi connectivity index (χ3n) is 4.46. The van der Waals surface area contributed by atoms with E-state index in [1.165, 1.54) is 0 Å². The number of anilines is 1. The summed E-state index contributed by atoms with van der Waals surface area (Å²) in [5.74, 6) is 0.0525. The van der Waals surface area contributed by atoms with Gasteiger partial charge in [-0.05, 0) is 39.8 Å². The van der Waals surface area contributed by atoms with Crippen molar-refractivity contribution >= 4 is 22.4 Å². The molecule has 25 heavy (non-hydrogen) atoms. The summed E-state index contributed by atoms with van der Waals surface area (Å²) in [6, 6.07) is 11.6. The van der Waals surface area contributed by atoms with Crippen LogP contribution in [0.3, 0.4) is 0 Å². The van der Waals surface area contributed by atoms with Crippen molar-refractivity contribution in [3.05, 3.63) is 36.4 Å². The Hall–Kier alpha value is -2.11. The van der Waals surface area contributed by atoms with Crippen molar-refractivity contribution in [3.63, 3.8) is 0 Å². The molecule has 1 amide bonds. The average Bonchev–Trinajstić information content (AvgIpc) is 2.60. The fourth-order valence-electron chi connectivity index (χ4n) is 2.82. The van der Waals surface area contributed by atoms with E-state index >= 15 is 0 Å². The lowest BCUT2D eigenvalue weighted by molar-refractivity contribution is -0.276. The van der Waals surface area contributed by atoms with Crippen molar-refractivity contribution in [2.75, 3.05) is 25.1 Å². The van der Waals surface area contributed by atoms with Crippen LogP contribution in [0.25, 0.3) is 10.8 Å². The van der Waals surface area contributed by atoms with Crippen molar-refractivity contribution in [3.8, 4) is 5.75 Å². The van der Waals surface area contributed by atoms with E-state index in [0.717, 1.165) is 22.2 Å². The summed E-state index contributed by atoms with van der Waals surface area (Å²) in [7, 11) is 0. The van der Waals surface area contributed by atoms with E-state index in [0.29, 0.717) is 19.8 Å². The zero-order valence-corrected chi connectivity index (χ0v) is 15.2. The fourth-order valence-corrected chi connectivity index (χ4v) is 2.82. The van der Waals surface area contributed by atoms with Crippen LogP contribution in [-0.2, 0) is 14.3 Å². The third-order valence-corrected chi connectivity index (χ3v) is 4.46. The van der Waals surface area contributed by atoms with Gasteiger partial charge in [-0.15, -0.1) is 0 Å². The Morgan fingerprint density at radius 2 is 1.72 bits per heavy atom. The van der Waals surface area contributed by atoms with Crippen molar-refractivity contribution in [2.45, 2.75) is 33.5 Å². The number of carbonyl (C=O) groups is 1. The maximum absolute atomic E-state index is 12.9. The zero-order valence-electron chi connectivity index (χ0n) is 15.2. The number of amides is 1. The lowest BCUT2D eigenvalue weighted by Crippen LogP contribution is -2.50. The normalized spacial score (nSPS) is 18.7. The quantitative estimate of drug-likeness (QED) is 0.913. The van der Waals surface area contributed by atoms with E-state index in [1.54, 1.807) is 0 Å². The van der Waals surface area contributed by atoms with Crippen molar-refractivity contribution in [1.29, 1.82) is 0 Å². The monoisotopic (exact) mass is 343 g/mol. The molecule has 0 radical (unpaired) electrons. The molecule has 0 bridgehead atoms. The van der Waals surface area contributed by atoms with Gasteiger partial charge in [-0.25, -0.2) is 0 Å². The Morgan fingerprint density at radius 3 is 2.36 bits per heavy atom. The Morgan fingerprint density at radius 1 is 1.08 bits per heavy atom. The summed E-state index contributed by atoms with van der Waals surface area (Å²) in [6.45, 7) is 8.75. The molecule has 134 valence electrons. The molecule has 1 aliphatic rings. The van der Waals surface area contributed by atoms with Crippen LogP contribution in [0.5, 0.6) is 5.75 Å². The topological polar surface area (TPSA) is 56.8 Å². The molecule has 0 unspecified atom stereocenters. The Balaban J connectivity index is 1.86. The van der Waals surface area contributed by atoms with Crippen LogP contribution in [0.15, 0.2) is 36.4 Å². The number of carbonyl (C=O) groups excluding carboxylic acids is 1. The molecule has 1 aliphatic heterocycles. The molecule has 2 aromatic rings. The van der Waals surface area contributed by atoms with Gasteiger partial charge in [0.15, 0.2) is 5.79 Å². The van der Waals surface area contributed by atoms with E-state index in [1.807, 2.05) is 64.1 Å². The molecule has 1 fully saturated rings. The number of hydrogen-bond donors (Lipinski definition) is 1. The van der Waals surface area contributed by atoms with Gasteiger partial charge in [-0.2, -0.15) is 0 Å². The summed E-state index contributed by atoms with van der Waals surface area (Å²) in [4.78, 5) is 12.9. The van der Waals surface area contributed by atoms with Crippen LogP contribution >= 0.6 is 0 Å². The first kappa shape index (κ1) is 17.7. The van der Waals surface area contributed by atoms with Gasteiger partial charge in [0.05, 0.1) is 25.2 Å². The predicted molar refractivity (Wildman–Crippen MR) is 97.8 cm³/mol. The van der Waals surface area contributed by atoms with Gasteiger partial charge >= 0.3 is 0 Å². The van der Waals surface area contributed by atoms with Gasteiger partial charge < -0.3 is 19.5 Å². The van der Waals surface area contributed by atoms with Crippen LogP contribution in [0.4, 0.5) is 5.69 Å². The number of ether oxygens (including phenoxy) is 3. The standard InChI is InChI=1S/C20H25NO4/c1-5-23-17-11-10-16(14-8-6-7-9-15(14)17)21-18(22)20(4)12-24-19(2,3)25-13-20/h6-11H,5,12-13H2,1-4H3,(H,21,22). The first-order chi connectivity index (χ1) is 11.8. The maximum atomic E-state index is 12.9. The van der Waals surface area contributed by atoms with E-state index in [-0.39, 0.29) is 5.91 Å². The van der Waals surface area contributed by atoms with Gasteiger partial charge in [0, 0.05) is 16.5 Å². The molecule has 0 saturated carbocycles. The first-order valence-corrected chi connectivity index (χ1v) is 8.58. The molecule has 5 nitrogen and oxygen atoms in total. The Labute approximate surface area is 148 Å². The number of fused-ring (bicyclic) bond motifs is 1. The largest absolute Gasteiger partial charge is 0.493 e. The smallest absolute Gasteiger partial charge is 0.235 e. The lowest BCUT2D eigenvalue weighted by Gasteiger charge is -2.40. The van der Waals surface area contributed by atoms with Crippen molar-refractivity contribution in [2.24, 2.45) is 5.41 Å². The number of rotatable bonds is 4. The van der Waals surface area contributed by atoms with Crippen LogP contribution in [0, 0.1) is 5.41 Å². The summed E-state index contributed by atoms with van der Waals surface area (Å²) >= 11 is 0. The zero-order chi connectivity index (χ0) is 18.1. The Kier molecular flexibility index (Phi) is 4.71. The fraction of sp³-hybridized carbons (Fsp3) is 0.450. The minimum atomic E-state index is -0.727. The van der Waals surface area contributed by atoms with Crippen LogP contribution < -0.4 is 10.1 Å². The van der Waals surface area contributed by atoms with Gasteiger partial charge in [0.25, 0.3) is 0 Å². The SMILES string of the molecule is CCOc1ccc(NC(=O)C2(C)COC(C)(C)OC2)c2ccccc12. The highest BCUT2D eigenvalue weighted by molar-refractivity contribution is 6.05. The van der Waals surface area contributed by atoms with E-state index in [2.05, 4.69) is 5.32 Å². The minimum Gasteiger partial charge on any atom is -0.493 e. The summed E-state index contributed by atoms with van der Waals surface area (Å²) in [5, 5.41) is 4.96. The molecule has 1 saturated heterocycles. The molecule has 5 heteroatoms. The number of hydrogen-bond acceptors (Lipinski definition) is 4. The lowest BCUT2D eigenvalue weighted by atomic mass is 9.90. The summed E-state index contributed by atoms with van der Waals surface area (Å²) < 4.78 is 17.0. The Bertz CT molecular complexity index is 774. The second kappa shape index (κ2) is 6.65. The first-order valence-electron chi connectivity index (χ1n) is 8.58. The molecular formula is C20H25NO4. The van der Waals surface area contributed by atoms with Crippen molar-refractivity contribution < 1.29 is 19.0 Å². The van der Waals surface area contributed by atoms with E-state index < -0.39 is 11.2 Å². The molecule has 2 aromatic carbocycles. The van der Waals surface area contributed by atoms with Gasteiger partial charge in [0.2, 0.25) is 5.91 Å². The maximum Gasteiger partial charge on any atom is 0.235 e. The second-order valence-electron chi connectivity index (χ2n) is 7.08. The highest BCUT2D eigenvalue weighted by atomic mass is 16.7. The molecule has 1 heterocycles. The molecular weight excluding hydrogens is 318 g/mol. The minimum absolute atomic E-state index is 0.114. The van der Waals surface area contributed by atoms with E-state index in [4.69, 9.17) is 14.2 Å². The van der Waals surface area contributed by atoms with E-state index in [9.17, 15) is 4.79 Å². The average molecular weight is 343 g/mol. The second-order valence-corrected chi connectivity index (χ2v) is 7.08. The summed E-state index contributed by atoms with van der Waals surface area (Å²) in [6.07, 6.45) is 0. The number of benzene rings is 2. The van der Waals surface area contributed by atoms with Crippen LogP contribution in [0.1, 0.15) is 27.7 Å². The molecule has 0 atom stereocenters. The van der Waals surface area contributed by atoms with Gasteiger partial charge in [-0.3, -0.25) is 4.79 Å². The molecule has 3 rings (SSSR count). The van der Waals surface area contributed by atoms with Crippen LogP contribution in [0.2, 0.25) is 0 Å². The molecule has 0 spiro atoms. The predicted octanol–water partition coefficient (Wildman–Crippen LogP) is 3.97. The van der Waals surface area contributed by atoms with Gasteiger partial charge in [-0.1, -0.05) is 24.3 Å². The van der Waals surface area contributed by atoms with Gasteiger partial charge in [0.1, 0.15) is 5.75 Å². The van der Waals surface area contributed by atoms with Crippen LogP contribution in [-0.4, -0.2) is 31.5 Å². The summed E-state index contributed by atoms with van der Waals surface area (Å²) in [5.41, 5.74) is 0.0324. The molecule has 0 aromatic heterocycles. The molecule has 0 aliphatic carbocycles. The highest BCUT2D eigenvalue weighted by Crippen LogP contribution is 2.34. The van der Waals surface area contributed by atoms with Crippen molar-refractivity contribution in [1.82, 2.24) is 0 Å². The molecule has 1 N–H and O–H groups in total. The number of nitrogens with one attached hydrogen (secondary N) is 1. The third kappa shape index (κ3) is 3.62. The highest BCUT2D eigenvalue weighted by Gasteiger charge is 2.42.